The van der Waals surface area contributed by atoms with E-state index in [1.54, 1.807) is 0 Å². The SMILES string of the molecule is Cc1nc2ccccc2n1-c1ccccc1-c1c2ccccc2c(-c2cccc(-c3ccncc3)c2)c2ccccc12. The molecule has 0 amide bonds. The predicted octanol–water partition coefficient (Wildman–Crippen LogP) is 10.0. The molecule has 8 rings (SSSR count). The van der Waals surface area contributed by atoms with Crippen LogP contribution >= 0.6 is 0 Å². The first-order valence-electron chi connectivity index (χ1n) is 14.3. The van der Waals surface area contributed by atoms with E-state index < -0.39 is 0 Å². The number of aryl methyl sites for hydroxylation is 1. The van der Waals surface area contributed by atoms with Crippen LogP contribution in [0.1, 0.15) is 5.82 Å². The second-order valence-electron chi connectivity index (χ2n) is 10.7. The Morgan fingerprint density at radius 3 is 1.83 bits per heavy atom. The van der Waals surface area contributed by atoms with Gasteiger partial charge in [-0.25, -0.2) is 4.98 Å². The van der Waals surface area contributed by atoms with Crippen LogP contribution in [0.25, 0.3) is 71.6 Å². The fourth-order valence-corrected chi connectivity index (χ4v) is 6.46. The van der Waals surface area contributed by atoms with Crippen molar-refractivity contribution < 1.29 is 0 Å². The van der Waals surface area contributed by atoms with Gasteiger partial charge in [0, 0.05) is 18.0 Å². The average molecular weight is 538 g/mol. The summed E-state index contributed by atoms with van der Waals surface area (Å²) >= 11 is 0. The molecule has 6 aromatic carbocycles. The molecule has 0 saturated carbocycles. The Labute approximate surface area is 244 Å². The molecule has 0 spiro atoms. The Balaban J connectivity index is 1.45. The van der Waals surface area contributed by atoms with Gasteiger partial charge in [0.2, 0.25) is 0 Å². The molecule has 2 aromatic heterocycles. The Morgan fingerprint density at radius 2 is 1.10 bits per heavy atom. The number of hydrogen-bond donors (Lipinski definition) is 0. The van der Waals surface area contributed by atoms with Gasteiger partial charge in [0.1, 0.15) is 5.82 Å². The summed E-state index contributed by atoms with van der Waals surface area (Å²) in [6.45, 7) is 2.09. The molecule has 0 aliphatic carbocycles. The fraction of sp³-hybridized carbons (Fsp3) is 0.0256. The van der Waals surface area contributed by atoms with E-state index in [1.165, 1.54) is 49.4 Å². The molecule has 198 valence electrons. The number of imidazole rings is 1. The van der Waals surface area contributed by atoms with E-state index in [4.69, 9.17) is 4.98 Å². The maximum Gasteiger partial charge on any atom is 0.111 e. The summed E-state index contributed by atoms with van der Waals surface area (Å²) in [6.07, 6.45) is 3.70. The van der Waals surface area contributed by atoms with Crippen LogP contribution in [0.2, 0.25) is 0 Å². The molecule has 3 nitrogen and oxygen atoms in total. The van der Waals surface area contributed by atoms with Crippen LogP contribution < -0.4 is 0 Å². The first-order valence-corrected chi connectivity index (χ1v) is 14.3. The first-order chi connectivity index (χ1) is 20.8. The van der Waals surface area contributed by atoms with Crippen molar-refractivity contribution in [2.24, 2.45) is 0 Å². The molecule has 0 fully saturated rings. The van der Waals surface area contributed by atoms with Gasteiger partial charge in [0.05, 0.1) is 16.7 Å². The largest absolute Gasteiger partial charge is 0.296 e. The molecule has 0 bridgehead atoms. The second kappa shape index (κ2) is 9.83. The van der Waals surface area contributed by atoms with Crippen molar-refractivity contribution in [3.63, 3.8) is 0 Å². The number of rotatable bonds is 4. The van der Waals surface area contributed by atoms with Crippen LogP contribution in [0, 0.1) is 6.92 Å². The van der Waals surface area contributed by atoms with Gasteiger partial charge in [0.25, 0.3) is 0 Å². The molecule has 0 aliphatic heterocycles. The van der Waals surface area contributed by atoms with Crippen molar-refractivity contribution in [1.29, 1.82) is 0 Å². The average Bonchev–Trinajstić information content (AvgIpc) is 3.39. The van der Waals surface area contributed by atoms with E-state index in [9.17, 15) is 0 Å². The summed E-state index contributed by atoms with van der Waals surface area (Å²) in [6, 6.07) is 47.8. The summed E-state index contributed by atoms with van der Waals surface area (Å²) in [5, 5.41) is 4.94. The Morgan fingerprint density at radius 1 is 0.500 bits per heavy atom. The quantitative estimate of drug-likeness (QED) is 0.209. The topological polar surface area (TPSA) is 30.7 Å². The lowest BCUT2D eigenvalue weighted by atomic mass is 9.85. The molecular weight excluding hydrogens is 510 g/mol. The Bertz CT molecular complexity index is 2200. The summed E-state index contributed by atoms with van der Waals surface area (Å²) < 4.78 is 2.29. The summed E-state index contributed by atoms with van der Waals surface area (Å²) in [5.41, 5.74) is 10.5. The highest BCUT2D eigenvalue weighted by atomic mass is 15.1. The minimum atomic E-state index is 0.974. The zero-order valence-electron chi connectivity index (χ0n) is 23.2. The first kappa shape index (κ1) is 24.3. The maximum absolute atomic E-state index is 4.89. The van der Waals surface area contributed by atoms with Gasteiger partial charge in [-0.3, -0.25) is 9.55 Å². The minimum absolute atomic E-state index is 0.974. The van der Waals surface area contributed by atoms with Crippen molar-refractivity contribution in [2.45, 2.75) is 6.92 Å². The molecule has 0 unspecified atom stereocenters. The number of nitrogens with zero attached hydrogens (tertiary/aromatic N) is 3. The number of para-hydroxylation sites is 3. The number of fused-ring (bicyclic) bond motifs is 3. The normalized spacial score (nSPS) is 11.5. The lowest BCUT2D eigenvalue weighted by Crippen LogP contribution is -2.00. The number of aromatic nitrogens is 3. The van der Waals surface area contributed by atoms with E-state index in [0.717, 1.165) is 28.1 Å². The van der Waals surface area contributed by atoms with E-state index in [2.05, 4.69) is 150 Å². The van der Waals surface area contributed by atoms with Gasteiger partial charge < -0.3 is 0 Å². The van der Waals surface area contributed by atoms with Crippen molar-refractivity contribution in [1.82, 2.24) is 14.5 Å². The van der Waals surface area contributed by atoms with Crippen LogP contribution in [-0.2, 0) is 0 Å². The molecule has 2 heterocycles. The highest BCUT2D eigenvalue weighted by Crippen LogP contribution is 2.45. The third-order valence-corrected chi connectivity index (χ3v) is 8.24. The van der Waals surface area contributed by atoms with Crippen LogP contribution in [-0.4, -0.2) is 14.5 Å². The van der Waals surface area contributed by atoms with E-state index in [1.807, 2.05) is 12.4 Å². The van der Waals surface area contributed by atoms with E-state index in [-0.39, 0.29) is 0 Å². The zero-order valence-corrected chi connectivity index (χ0v) is 23.2. The van der Waals surface area contributed by atoms with Gasteiger partial charge >= 0.3 is 0 Å². The zero-order chi connectivity index (χ0) is 28.0. The fourth-order valence-electron chi connectivity index (χ4n) is 6.46. The Kier molecular flexibility index (Phi) is 5.68. The summed E-state index contributed by atoms with van der Waals surface area (Å²) in [5.74, 6) is 0.974. The van der Waals surface area contributed by atoms with Crippen molar-refractivity contribution >= 4 is 32.6 Å². The van der Waals surface area contributed by atoms with Gasteiger partial charge in [-0.1, -0.05) is 97.1 Å². The van der Waals surface area contributed by atoms with Crippen LogP contribution in [0.3, 0.4) is 0 Å². The number of pyridine rings is 1. The molecule has 0 radical (unpaired) electrons. The van der Waals surface area contributed by atoms with E-state index >= 15 is 0 Å². The molecular formula is C39H27N3. The predicted molar refractivity (Wildman–Crippen MR) is 175 cm³/mol. The Hall–Kier alpha value is -5.54. The number of benzene rings is 6. The highest BCUT2D eigenvalue weighted by molar-refractivity contribution is 6.22. The lowest BCUT2D eigenvalue weighted by molar-refractivity contribution is 1.00. The molecule has 42 heavy (non-hydrogen) atoms. The third kappa shape index (κ3) is 3.82. The lowest BCUT2D eigenvalue weighted by Gasteiger charge is -2.20. The highest BCUT2D eigenvalue weighted by Gasteiger charge is 2.20. The molecule has 0 N–H and O–H groups in total. The monoisotopic (exact) mass is 537 g/mol. The smallest absolute Gasteiger partial charge is 0.111 e. The van der Waals surface area contributed by atoms with Crippen LogP contribution in [0.5, 0.6) is 0 Å². The second-order valence-corrected chi connectivity index (χ2v) is 10.7. The van der Waals surface area contributed by atoms with Crippen molar-refractivity contribution in [3.05, 3.63) is 152 Å². The van der Waals surface area contributed by atoms with Gasteiger partial charge in [-0.2, -0.15) is 0 Å². The van der Waals surface area contributed by atoms with Crippen molar-refractivity contribution in [3.8, 4) is 39.1 Å². The van der Waals surface area contributed by atoms with Crippen molar-refractivity contribution in [2.75, 3.05) is 0 Å². The van der Waals surface area contributed by atoms with Gasteiger partial charge in [-0.15, -0.1) is 0 Å². The van der Waals surface area contributed by atoms with E-state index in [0.29, 0.717) is 0 Å². The van der Waals surface area contributed by atoms with Crippen LogP contribution in [0.4, 0.5) is 0 Å². The number of hydrogen-bond acceptors (Lipinski definition) is 2. The van der Waals surface area contributed by atoms with Gasteiger partial charge in [0.15, 0.2) is 0 Å². The maximum atomic E-state index is 4.89. The molecule has 0 atom stereocenters. The third-order valence-electron chi connectivity index (χ3n) is 8.24. The molecule has 0 aliphatic rings. The molecule has 3 heteroatoms. The van der Waals surface area contributed by atoms with Crippen LogP contribution in [0.15, 0.2) is 146 Å². The summed E-state index contributed by atoms with van der Waals surface area (Å²) in [4.78, 5) is 9.11. The standard InChI is InChI=1S/C39H27N3/c1-26-41-35-18-7-9-20-37(35)42(26)36-19-8-6-17-34(36)39-32-15-4-2-13-30(32)38(31-14-3-5-16-33(31)39)29-12-10-11-28(25-29)27-21-23-40-24-22-27/h2-25H,1H3. The van der Waals surface area contributed by atoms with Gasteiger partial charge in [-0.05, 0) is 92.7 Å². The molecule has 0 saturated heterocycles. The molecule has 8 aromatic rings. The minimum Gasteiger partial charge on any atom is -0.296 e. The summed E-state index contributed by atoms with van der Waals surface area (Å²) in [7, 11) is 0.